The Hall–Kier alpha value is -0.580. The number of rotatable bonds is 5. The molecule has 20 heavy (non-hydrogen) atoms. The Morgan fingerprint density at radius 3 is 2.95 bits per heavy atom. The van der Waals surface area contributed by atoms with Crippen molar-refractivity contribution in [2.45, 2.75) is 32.9 Å². The van der Waals surface area contributed by atoms with Gasteiger partial charge in [0.05, 0.1) is 11.6 Å². The van der Waals surface area contributed by atoms with Crippen LogP contribution in [0.3, 0.4) is 0 Å². The summed E-state index contributed by atoms with van der Waals surface area (Å²) in [5.41, 5.74) is 1.34. The molecular weight excluding hydrogens is 316 g/mol. The number of benzene rings is 1. The molecule has 0 aromatic heterocycles. The van der Waals surface area contributed by atoms with Gasteiger partial charge in [-0.1, -0.05) is 26.3 Å². The third-order valence-electron chi connectivity index (χ3n) is 4.30. The van der Waals surface area contributed by atoms with Crippen molar-refractivity contribution in [3.8, 4) is 5.75 Å². The fourth-order valence-corrected chi connectivity index (χ4v) is 3.43. The highest BCUT2D eigenvalue weighted by atomic mass is 79.9. The van der Waals surface area contributed by atoms with E-state index in [0.717, 1.165) is 42.3 Å². The van der Waals surface area contributed by atoms with Crippen molar-refractivity contribution in [3.05, 3.63) is 28.2 Å². The largest absolute Gasteiger partial charge is 0.496 e. The molecule has 0 spiro atoms. The third kappa shape index (κ3) is 3.74. The first-order valence-corrected chi connectivity index (χ1v) is 8.22. The van der Waals surface area contributed by atoms with Gasteiger partial charge in [0.1, 0.15) is 5.75 Å². The maximum Gasteiger partial charge on any atom is 0.133 e. The summed E-state index contributed by atoms with van der Waals surface area (Å²) in [7, 11) is 1.70. The van der Waals surface area contributed by atoms with Crippen LogP contribution in [0.5, 0.6) is 5.75 Å². The second-order valence-electron chi connectivity index (χ2n) is 5.60. The number of nitrogens with zero attached hydrogens (tertiary/aromatic N) is 1. The molecule has 4 heteroatoms. The van der Waals surface area contributed by atoms with Gasteiger partial charge in [-0.2, -0.15) is 0 Å². The number of ether oxygens (including phenoxy) is 1. The van der Waals surface area contributed by atoms with Gasteiger partial charge >= 0.3 is 0 Å². The van der Waals surface area contributed by atoms with Gasteiger partial charge in [0, 0.05) is 32.2 Å². The Labute approximate surface area is 130 Å². The molecule has 3 nitrogen and oxygen atoms in total. The highest BCUT2D eigenvalue weighted by molar-refractivity contribution is 9.10. The molecule has 0 saturated carbocycles. The number of hydrogen-bond donors (Lipinski definition) is 1. The number of methoxy groups -OCH3 is 1. The normalized spacial score (nSPS) is 21.7. The molecule has 1 heterocycles. The summed E-state index contributed by atoms with van der Waals surface area (Å²) in [5, 5.41) is 3.52. The van der Waals surface area contributed by atoms with Crippen LogP contribution in [0.4, 0.5) is 0 Å². The van der Waals surface area contributed by atoms with Crippen LogP contribution in [0.1, 0.15) is 25.8 Å². The van der Waals surface area contributed by atoms with E-state index in [0.29, 0.717) is 6.04 Å². The molecule has 0 aliphatic carbocycles. The molecule has 1 aromatic carbocycles. The number of halogens is 1. The lowest BCUT2D eigenvalue weighted by atomic mass is 9.95. The average Bonchev–Trinajstić information content (AvgIpc) is 2.47. The van der Waals surface area contributed by atoms with Crippen molar-refractivity contribution in [2.24, 2.45) is 5.92 Å². The van der Waals surface area contributed by atoms with E-state index in [1.165, 1.54) is 12.0 Å². The monoisotopic (exact) mass is 340 g/mol. The van der Waals surface area contributed by atoms with E-state index in [1.54, 1.807) is 7.11 Å². The molecule has 1 aliphatic rings. The summed E-state index contributed by atoms with van der Waals surface area (Å²) < 4.78 is 6.33. The maximum absolute atomic E-state index is 5.30. The molecule has 1 aromatic rings. The van der Waals surface area contributed by atoms with E-state index >= 15 is 0 Å². The second-order valence-corrected chi connectivity index (χ2v) is 6.45. The van der Waals surface area contributed by atoms with Crippen molar-refractivity contribution >= 4 is 15.9 Å². The summed E-state index contributed by atoms with van der Waals surface area (Å²) in [4.78, 5) is 2.61. The molecule has 0 bridgehead atoms. The molecular formula is C16H25BrN2O. The van der Waals surface area contributed by atoms with Gasteiger partial charge in [-0.05, 0) is 39.5 Å². The van der Waals surface area contributed by atoms with Crippen LogP contribution in [-0.4, -0.2) is 37.7 Å². The topological polar surface area (TPSA) is 24.5 Å². The number of hydrogen-bond acceptors (Lipinski definition) is 3. The van der Waals surface area contributed by atoms with Crippen LogP contribution in [0.15, 0.2) is 22.7 Å². The lowest BCUT2D eigenvalue weighted by Gasteiger charge is -2.39. The average molecular weight is 341 g/mol. The van der Waals surface area contributed by atoms with Crippen molar-refractivity contribution in [2.75, 3.05) is 26.7 Å². The minimum Gasteiger partial charge on any atom is -0.496 e. The van der Waals surface area contributed by atoms with E-state index in [1.807, 2.05) is 6.07 Å². The summed E-state index contributed by atoms with van der Waals surface area (Å²) >= 11 is 3.57. The van der Waals surface area contributed by atoms with E-state index in [-0.39, 0.29) is 0 Å². The second kappa shape index (κ2) is 7.43. The van der Waals surface area contributed by atoms with E-state index < -0.39 is 0 Å². The summed E-state index contributed by atoms with van der Waals surface area (Å²) in [6, 6.07) is 7.02. The Morgan fingerprint density at radius 2 is 2.30 bits per heavy atom. The van der Waals surface area contributed by atoms with Gasteiger partial charge in [-0.25, -0.2) is 0 Å². The zero-order valence-electron chi connectivity index (χ0n) is 12.7. The molecule has 0 radical (unpaired) electrons. The molecule has 0 amide bonds. The predicted octanol–water partition coefficient (Wildman–Crippen LogP) is 3.28. The third-order valence-corrected chi connectivity index (χ3v) is 4.92. The minimum atomic E-state index is 0.634. The van der Waals surface area contributed by atoms with Crippen molar-refractivity contribution in [1.29, 1.82) is 0 Å². The number of piperazine rings is 1. The smallest absolute Gasteiger partial charge is 0.133 e. The molecule has 1 N–H and O–H groups in total. The van der Waals surface area contributed by atoms with Crippen molar-refractivity contribution in [1.82, 2.24) is 10.2 Å². The van der Waals surface area contributed by atoms with E-state index in [4.69, 9.17) is 4.74 Å². The Balaban J connectivity index is 2.08. The number of nitrogens with one attached hydrogen (secondary N) is 1. The van der Waals surface area contributed by atoms with Crippen LogP contribution < -0.4 is 10.1 Å². The Kier molecular flexibility index (Phi) is 5.87. The van der Waals surface area contributed by atoms with Crippen LogP contribution in [0.2, 0.25) is 0 Å². The van der Waals surface area contributed by atoms with Crippen molar-refractivity contribution < 1.29 is 4.74 Å². The zero-order chi connectivity index (χ0) is 14.5. The molecule has 112 valence electrons. The van der Waals surface area contributed by atoms with Crippen LogP contribution in [0.25, 0.3) is 0 Å². The predicted molar refractivity (Wildman–Crippen MR) is 87.2 cm³/mol. The first kappa shape index (κ1) is 15.8. The van der Waals surface area contributed by atoms with Crippen molar-refractivity contribution in [3.63, 3.8) is 0 Å². The van der Waals surface area contributed by atoms with Gasteiger partial charge in [-0.3, -0.25) is 4.90 Å². The Morgan fingerprint density at radius 1 is 1.50 bits per heavy atom. The van der Waals surface area contributed by atoms with Gasteiger partial charge in [0.15, 0.2) is 0 Å². The molecule has 1 saturated heterocycles. The molecule has 1 aliphatic heterocycles. The molecule has 1 fully saturated rings. The van der Waals surface area contributed by atoms with Crippen LogP contribution >= 0.6 is 15.9 Å². The molecule has 2 unspecified atom stereocenters. The fourth-order valence-electron chi connectivity index (χ4n) is 2.84. The quantitative estimate of drug-likeness (QED) is 0.890. The zero-order valence-corrected chi connectivity index (χ0v) is 14.2. The van der Waals surface area contributed by atoms with E-state index in [2.05, 4.69) is 52.1 Å². The lowest BCUT2D eigenvalue weighted by molar-refractivity contribution is 0.109. The lowest BCUT2D eigenvalue weighted by Crippen LogP contribution is -2.53. The van der Waals surface area contributed by atoms with E-state index in [9.17, 15) is 0 Å². The summed E-state index contributed by atoms with van der Waals surface area (Å²) in [6.45, 7) is 8.96. The highest BCUT2D eigenvalue weighted by Gasteiger charge is 2.26. The highest BCUT2D eigenvalue weighted by Crippen LogP contribution is 2.27. The Bertz CT molecular complexity index is 438. The first-order valence-electron chi connectivity index (χ1n) is 7.42. The first-order chi connectivity index (χ1) is 9.65. The standard InChI is InChI=1S/C16H25BrN2O/c1-4-12(2)15-10-18-7-8-19(15)11-13-5-6-16(20-3)14(17)9-13/h5-6,9,12,15,18H,4,7-8,10-11H2,1-3H3. The maximum atomic E-state index is 5.30. The molecule has 2 atom stereocenters. The van der Waals surface area contributed by atoms with Gasteiger partial charge < -0.3 is 10.1 Å². The van der Waals surface area contributed by atoms with Crippen LogP contribution in [0, 0.1) is 5.92 Å². The van der Waals surface area contributed by atoms with Gasteiger partial charge in [0.25, 0.3) is 0 Å². The summed E-state index contributed by atoms with van der Waals surface area (Å²) in [6.07, 6.45) is 1.23. The fraction of sp³-hybridized carbons (Fsp3) is 0.625. The van der Waals surface area contributed by atoms with Gasteiger partial charge in [-0.15, -0.1) is 0 Å². The molecule has 2 rings (SSSR count). The minimum absolute atomic E-state index is 0.634. The SMILES string of the molecule is CCC(C)C1CNCCN1Cc1ccc(OC)c(Br)c1. The summed E-state index contributed by atoms with van der Waals surface area (Å²) in [5.74, 6) is 1.62. The van der Waals surface area contributed by atoms with Gasteiger partial charge in [0.2, 0.25) is 0 Å². The van der Waals surface area contributed by atoms with Crippen LogP contribution in [-0.2, 0) is 6.54 Å².